The lowest BCUT2D eigenvalue weighted by Crippen LogP contribution is -2.22. The third-order valence-electron chi connectivity index (χ3n) is 2.09. The first kappa shape index (κ1) is 10.7. The van der Waals surface area contributed by atoms with E-state index in [2.05, 4.69) is 0 Å². The Morgan fingerprint density at radius 2 is 1.73 bits per heavy atom. The smallest absolute Gasteiger partial charge is 0.306 e. The van der Waals surface area contributed by atoms with Gasteiger partial charge in [0.2, 0.25) is 0 Å². The van der Waals surface area contributed by atoms with Crippen LogP contribution in [0.2, 0.25) is 0 Å². The van der Waals surface area contributed by atoms with Crippen LogP contribution in [0.3, 0.4) is 0 Å². The molecule has 0 radical (unpaired) electrons. The maximum absolute atomic E-state index is 11.4. The van der Waals surface area contributed by atoms with Crippen molar-refractivity contribution in [1.82, 2.24) is 0 Å². The van der Waals surface area contributed by atoms with Gasteiger partial charge in [-0.15, -0.1) is 0 Å². The Morgan fingerprint density at radius 1 is 1.36 bits per heavy atom. The van der Waals surface area contributed by atoms with E-state index in [1.54, 1.807) is 27.2 Å². The molecule has 11 heavy (non-hydrogen) atoms. The van der Waals surface area contributed by atoms with Crippen molar-refractivity contribution in [2.75, 3.05) is 13.3 Å². The van der Waals surface area contributed by atoms with Crippen molar-refractivity contribution in [3.63, 3.8) is 0 Å². The van der Waals surface area contributed by atoms with Crippen LogP contribution in [0, 0.1) is 5.92 Å². The van der Waals surface area contributed by atoms with Gasteiger partial charge in [0.15, 0.2) is 0 Å². The molecule has 0 bridgehead atoms. The van der Waals surface area contributed by atoms with E-state index in [0.717, 1.165) is 0 Å². The Labute approximate surface area is 67.2 Å². The molecule has 66 valence electrons. The van der Waals surface area contributed by atoms with Crippen molar-refractivity contribution in [2.45, 2.75) is 19.5 Å². The van der Waals surface area contributed by atoms with Crippen LogP contribution in [0.1, 0.15) is 13.8 Å². The lowest BCUT2D eigenvalue weighted by atomic mass is 10.1. The number of carboxylic acid groups (broad SMARTS) is 1. The largest absolute Gasteiger partial charge is 0.481 e. The molecule has 0 aromatic carbocycles. The molecule has 0 rings (SSSR count). The van der Waals surface area contributed by atoms with Gasteiger partial charge in [-0.3, -0.25) is 4.79 Å². The van der Waals surface area contributed by atoms with Gasteiger partial charge in [-0.05, 0) is 13.3 Å². The molecule has 0 aliphatic heterocycles. The average molecular weight is 178 g/mol. The van der Waals surface area contributed by atoms with Gasteiger partial charge in [-0.1, -0.05) is 13.8 Å². The number of aliphatic carboxylic acids is 1. The molecule has 2 unspecified atom stereocenters. The highest BCUT2D eigenvalue weighted by atomic mass is 31.2. The summed E-state index contributed by atoms with van der Waals surface area (Å²) in [4.78, 5) is 10.5. The van der Waals surface area contributed by atoms with E-state index in [0.29, 0.717) is 0 Å². The van der Waals surface area contributed by atoms with E-state index in [1.807, 2.05) is 0 Å². The zero-order valence-electron chi connectivity index (χ0n) is 7.37. The lowest BCUT2D eigenvalue weighted by Gasteiger charge is -2.19. The van der Waals surface area contributed by atoms with Crippen LogP contribution in [-0.4, -0.2) is 30.1 Å². The fourth-order valence-corrected chi connectivity index (χ4v) is 1.95. The van der Waals surface area contributed by atoms with Crippen LogP contribution in [-0.2, 0) is 9.36 Å². The number of carboxylic acids is 1. The van der Waals surface area contributed by atoms with Crippen LogP contribution in [0.4, 0.5) is 0 Å². The molecule has 0 aromatic heterocycles. The van der Waals surface area contributed by atoms with E-state index in [9.17, 15) is 9.36 Å². The molecule has 0 heterocycles. The van der Waals surface area contributed by atoms with Gasteiger partial charge in [0, 0.05) is 5.66 Å². The maximum atomic E-state index is 11.4. The van der Waals surface area contributed by atoms with Gasteiger partial charge in [0.25, 0.3) is 0 Å². The Kier molecular flexibility index (Phi) is 3.30. The minimum atomic E-state index is -2.25. The predicted molar refractivity (Wildman–Crippen MR) is 45.7 cm³/mol. The molecule has 0 saturated heterocycles. The average Bonchev–Trinajstić information content (AvgIpc) is 1.82. The van der Waals surface area contributed by atoms with Crippen LogP contribution >= 0.6 is 7.14 Å². The van der Waals surface area contributed by atoms with Crippen molar-refractivity contribution < 1.29 is 14.5 Å². The van der Waals surface area contributed by atoms with Gasteiger partial charge in [0.1, 0.15) is 0 Å². The number of carbonyl (C=O) groups is 1. The Morgan fingerprint density at radius 3 is 1.82 bits per heavy atom. The third kappa shape index (κ3) is 3.06. The molecule has 1 N–H and O–H groups in total. The fraction of sp³-hybridized carbons (Fsp3) is 0.857. The van der Waals surface area contributed by atoms with E-state index in [4.69, 9.17) is 5.11 Å². The summed E-state index contributed by atoms with van der Waals surface area (Å²) in [5.41, 5.74) is -0.236. The summed E-state index contributed by atoms with van der Waals surface area (Å²) in [7, 11) is -2.25. The Bertz CT molecular complexity index is 194. The second-order valence-corrected chi connectivity index (χ2v) is 6.98. The van der Waals surface area contributed by atoms with Crippen LogP contribution < -0.4 is 0 Å². The van der Waals surface area contributed by atoms with Gasteiger partial charge >= 0.3 is 5.97 Å². The summed E-state index contributed by atoms with van der Waals surface area (Å²) >= 11 is 0. The van der Waals surface area contributed by atoms with E-state index >= 15 is 0 Å². The molecule has 0 amide bonds. The fourth-order valence-electron chi connectivity index (χ4n) is 0.745. The highest BCUT2D eigenvalue weighted by molar-refractivity contribution is 7.63. The zero-order chi connectivity index (χ0) is 9.23. The molecule has 2 atom stereocenters. The Hall–Kier alpha value is -0.300. The highest BCUT2D eigenvalue weighted by Gasteiger charge is 2.28. The molecular formula is C7H15O3P. The minimum Gasteiger partial charge on any atom is -0.481 e. The van der Waals surface area contributed by atoms with Crippen molar-refractivity contribution in [3.8, 4) is 0 Å². The summed E-state index contributed by atoms with van der Waals surface area (Å²) in [6.07, 6.45) is 0. The lowest BCUT2D eigenvalue weighted by molar-refractivity contribution is -0.141. The number of hydrogen-bond acceptors (Lipinski definition) is 2. The molecule has 0 fully saturated rings. The summed E-state index contributed by atoms with van der Waals surface area (Å²) in [6.45, 7) is 6.56. The summed E-state index contributed by atoms with van der Waals surface area (Å²) < 4.78 is 11.4. The van der Waals surface area contributed by atoms with Gasteiger partial charge in [-0.2, -0.15) is 0 Å². The molecule has 3 nitrogen and oxygen atoms in total. The molecule has 0 aliphatic rings. The topological polar surface area (TPSA) is 54.4 Å². The van der Waals surface area contributed by atoms with Crippen molar-refractivity contribution in [3.05, 3.63) is 0 Å². The number of rotatable bonds is 3. The van der Waals surface area contributed by atoms with Crippen molar-refractivity contribution in [2.24, 2.45) is 5.92 Å². The minimum absolute atomic E-state index is 0.236. The standard InChI is InChI=1S/C7H15O3P/c1-5(7(8)9)6(2)11(3,4)10/h5-6H,1-4H3,(H,8,9). The molecular weight excluding hydrogens is 163 g/mol. The van der Waals surface area contributed by atoms with Crippen molar-refractivity contribution >= 4 is 13.1 Å². The molecule has 4 heteroatoms. The highest BCUT2D eigenvalue weighted by Crippen LogP contribution is 2.45. The van der Waals surface area contributed by atoms with Crippen LogP contribution in [0.15, 0.2) is 0 Å². The molecule has 0 spiro atoms. The molecule has 0 aliphatic carbocycles. The first-order valence-electron chi connectivity index (χ1n) is 3.54. The van der Waals surface area contributed by atoms with Gasteiger partial charge in [-0.25, -0.2) is 0 Å². The number of hydrogen-bond donors (Lipinski definition) is 1. The maximum Gasteiger partial charge on any atom is 0.306 e. The first-order chi connectivity index (χ1) is 4.76. The monoisotopic (exact) mass is 178 g/mol. The quantitative estimate of drug-likeness (QED) is 0.669. The van der Waals surface area contributed by atoms with E-state index in [1.165, 1.54) is 0 Å². The summed E-state index contributed by atoms with van der Waals surface area (Å²) in [6, 6.07) is 0. The molecule has 0 aromatic rings. The summed E-state index contributed by atoms with van der Waals surface area (Å²) in [5, 5.41) is 8.59. The summed E-state index contributed by atoms with van der Waals surface area (Å²) in [5.74, 6) is -1.39. The SMILES string of the molecule is CC(C(=O)O)C(C)P(C)(C)=O. The second-order valence-electron chi connectivity index (χ2n) is 3.30. The normalized spacial score (nSPS) is 17.5. The van der Waals surface area contributed by atoms with Gasteiger partial charge < -0.3 is 9.67 Å². The Balaban J connectivity index is 4.38. The first-order valence-corrected chi connectivity index (χ1v) is 6.21. The van der Waals surface area contributed by atoms with Crippen LogP contribution in [0.5, 0.6) is 0 Å². The third-order valence-corrected chi connectivity index (χ3v) is 4.50. The second kappa shape index (κ2) is 3.40. The van der Waals surface area contributed by atoms with Gasteiger partial charge in [0.05, 0.1) is 13.1 Å². The van der Waals surface area contributed by atoms with E-state index < -0.39 is 19.0 Å². The van der Waals surface area contributed by atoms with E-state index in [-0.39, 0.29) is 5.66 Å². The van der Waals surface area contributed by atoms with Crippen LogP contribution in [0.25, 0.3) is 0 Å². The zero-order valence-corrected chi connectivity index (χ0v) is 8.26. The molecule has 0 saturated carbocycles. The van der Waals surface area contributed by atoms with Crippen molar-refractivity contribution in [1.29, 1.82) is 0 Å². The predicted octanol–water partition coefficient (Wildman–Crippen LogP) is 1.72.